The summed E-state index contributed by atoms with van der Waals surface area (Å²) in [6.45, 7) is 2.45. The lowest BCUT2D eigenvalue weighted by atomic mass is 9.83. The summed E-state index contributed by atoms with van der Waals surface area (Å²) in [7, 11) is 1.82. The largest absolute Gasteiger partial charge is 0.337 e. The SMILES string of the molecule is CN(Cc1nc(-c2ccccc2)no1)C(=O)C1CC2CCN1CC2. The smallest absolute Gasteiger partial charge is 0.246 e. The highest BCUT2D eigenvalue weighted by atomic mass is 16.5. The number of hydrogen-bond acceptors (Lipinski definition) is 5. The molecular formula is C18H22N4O2. The summed E-state index contributed by atoms with van der Waals surface area (Å²) in [4.78, 5) is 21.2. The Kier molecular flexibility index (Phi) is 4.06. The third kappa shape index (κ3) is 2.94. The highest BCUT2D eigenvalue weighted by Crippen LogP contribution is 2.32. The van der Waals surface area contributed by atoms with E-state index in [0.717, 1.165) is 25.1 Å². The second-order valence-corrected chi connectivity index (χ2v) is 6.80. The average molecular weight is 326 g/mol. The third-order valence-corrected chi connectivity index (χ3v) is 5.18. The van der Waals surface area contributed by atoms with Crippen LogP contribution in [0.4, 0.5) is 0 Å². The highest BCUT2D eigenvalue weighted by molar-refractivity contribution is 5.81. The van der Waals surface area contributed by atoms with Gasteiger partial charge in [0.2, 0.25) is 17.6 Å². The van der Waals surface area contributed by atoms with Crippen LogP contribution in [-0.2, 0) is 11.3 Å². The van der Waals surface area contributed by atoms with Gasteiger partial charge in [-0.1, -0.05) is 35.5 Å². The summed E-state index contributed by atoms with van der Waals surface area (Å²) in [5.41, 5.74) is 0.914. The Labute approximate surface area is 141 Å². The zero-order chi connectivity index (χ0) is 16.5. The zero-order valence-corrected chi connectivity index (χ0v) is 13.9. The Balaban J connectivity index is 1.42. The Bertz CT molecular complexity index is 707. The molecule has 1 aromatic carbocycles. The molecule has 1 aromatic heterocycles. The molecule has 3 saturated heterocycles. The molecule has 0 saturated carbocycles. The molecule has 1 atom stereocenters. The molecule has 4 heterocycles. The van der Waals surface area contributed by atoms with Crippen LogP contribution in [0, 0.1) is 5.92 Å². The molecule has 0 aliphatic carbocycles. The van der Waals surface area contributed by atoms with Crippen LogP contribution in [-0.4, -0.2) is 52.0 Å². The average Bonchev–Trinajstić information content (AvgIpc) is 3.11. The molecule has 1 amide bonds. The number of piperidine rings is 3. The van der Waals surface area contributed by atoms with E-state index in [-0.39, 0.29) is 11.9 Å². The van der Waals surface area contributed by atoms with Crippen LogP contribution in [0.3, 0.4) is 0 Å². The number of fused-ring (bicyclic) bond motifs is 3. The lowest BCUT2D eigenvalue weighted by Gasteiger charge is -2.45. The molecule has 0 N–H and O–H groups in total. The molecule has 6 heteroatoms. The van der Waals surface area contributed by atoms with Crippen molar-refractivity contribution < 1.29 is 9.32 Å². The van der Waals surface area contributed by atoms with Gasteiger partial charge in [-0.15, -0.1) is 0 Å². The van der Waals surface area contributed by atoms with Crippen LogP contribution in [0.1, 0.15) is 25.2 Å². The summed E-state index contributed by atoms with van der Waals surface area (Å²) < 4.78 is 5.32. The number of carbonyl (C=O) groups excluding carboxylic acids is 1. The van der Waals surface area contributed by atoms with Crippen molar-refractivity contribution in [3.8, 4) is 11.4 Å². The number of carbonyl (C=O) groups is 1. The number of likely N-dealkylation sites (N-methyl/N-ethyl adjacent to an activating group) is 1. The minimum atomic E-state index is 0.0269. The molecule has 6 nitrogen and oxygen atoms in total. The number of rotatable bonds is 4. The standard InChI is InChI=1S/C18H22N4O2/c1-21(18(23)15-11-13-7-9-22(15)10-8-13)12-16-19-17(20-24-16)14-5-3-2-4-6-14/h2-6,13,15H,7-12H2,1H3. The summed E-state index contributed by atoms with van der Waals surface area (Å²) >= 11 is 0. The van der Waals surface area contributed by atoms with Gasteiger partial charge in [-0.3, -0.25) is 9.69 Å². The van der Waals surface area contributed by atoms with Gasteiger partial charge >= 0.3 is 0 Å². The zero-order valence-electron chi connectivity index (χ0n) is 13.9. The summed E-state index contributed by atoms with van der Waals surface area (Å²) in [6.07, 6.45) is 3.46. The van der Waals surface area contributed by atoms with E-state index in [4.69, 9.17) is 4.52 Å². The van der Waals surface area contributed by atoms with E-state index < -0.39 is 0 Å². The molecule has 2 aromatic rings. The van der Waals surface area contributed by atoms with E-state index in [2.05, 4.69) is 15.0 Å². The van der Waals surface area contributed by atoms with E-state index in [1.165, 1.54) is 12.8 Å². The number of nitrogens with zero attached hydrogens (tertiary/aromatic N) is 4. The fraction of sp³-hybridized carbons (Fsp3) is 0.500. The van der Waals surface area contributed by atoms with Crippen LogP contribution in [0.15, 0.2) is 34.9 Å². The molecule has 0 radical (unpaired) electrons. The predicted molar refractivity (Wildman–Crippen MR) is 88.9 cm³/mol. The van der Waals surface area contributed by atoms with Gasteiger partial charge in [-0.25, -0.2) is 0 Å². The second kappa shape index (κ2) is 6.36. The van der Waals surface area contributed by atoms with Crippen LogP contribution in [0.2, 0.25) is 0 Å². The van der Waals surface area contributed by atoms with Crippen LogP contribution in [0.25, 0.3) is 11.4 Å². The monoisotopic (exact) mass is 326 g/mol. The molecular weight excluding hydrogens is 304 g/mol. The lowest BCUT2D eigenvalue weighted by molar-refractivity contribution is -0.140. The fourth-order valence-electron chi connectivity index (χ4n) is 3.78. The quantitative estimate of drug-likeness (QED) is 0.862. The van der Waals surface area contributed by atoms with Crippen molar-refractivity contribution in [1.29, 1.82) is 0 Å². The number of amides is 1. The normalized spacial score (nSPS) is 25.6. The van der Waals surface area contributed by atoms with Crippen molar-refractivity contribution >= 4 is 5.91 Å². The van der Waals surface area contributed by atoms with Crippen molar-refractivity contribution in [2.45, 2.75) is 31.8 Å². The van der Waals surface area contributed by atoms with Crippen molar-refractivity contribution in [1.82, 2.24) is 19.9 Å². The first kappa shape index (κ1) is 15.3. The van der Waals surface area contributed by atoms with E-state index in [9.17, 15) is 4.79 Å². The third-order valence-electron chi connectivity index (χ3n) is 5.18. The van der Waals surface area contributed by atoms with Gasteiger partial charge in [0.1, 0.15) is 0 Å². The molecule has 5 rings (SSSR count). The van der Waals surface area contributed by atoms with E-state index in [1.807, 2.05) is 37.4 Å². The summed E-state index contributed by atoms with van der Waals surface area (Å²) in [5, 5.41) is 4.02. The number of aromatic nitrogens is 2. The predicted octanol–water partition coefficient (Wildman–Crippen LogP) is 2.18. The van der Waals surface area contributed by atoms with E-state index >= 15 is 0 Å². The minimum absolute atomic E-state index is 0.0269. The van der Waals surface area contributed by atoms with Crippen molar-refractivity contribution in [2.24, 2.45) is 5.92 Å². The molecule has 3 aliphatic heterocycles. The van der Waals surface area contributed by atoms with E-state index in [1.54, 1.807) is 4.90 Å². The summed E-state index contributed by atoms with van der Waals surface area (Å²) in [5.74, 6) is 1.91. The number of hydrogen-bond donors (Lipinski definition) is 0. The Morgan fingerprint density at radius 1 is 1.29 bits per heavy atom. The topological polar surface area (TPSA) is 62.5 Å². The molecule has 24 heavy (non-hydrogen) atoms. The Morgan fingerprint density at radius 2 is 2.04 bits per heavy atom. The first-order chi connectivity index (χ1) is 11.7. The maximum Gasteiger partial charge on any atom is 0.246 e. The van der Waals surface area contributed by atoms with Crippen molar-refractivity contribution in [3.05, 3.63) is 36.2 Å². The van der Waals surface area contributed by atoms with Crippen LogP contribution < -0.4 is 0 Å². The molecule has 3 aliphatic rings. The van der Waals surface area contributed by atoms with Gasteiger partial charge in [0.15, 0.2) is 0 Å². The van der Waals surface area contributed by atoms with E-state index in [0.29, 0.717) is 24.2 Å². The van der Waals surface area contributed by atoms with Gasteiger partial charge in [0.25, 0.3) is 0 Å². The van der Waals surface area contributed by atoms with Crippen LogP contribution >= 0.6 is 0 Å². The molecule has 3 fully saturated rings. The highest BCUT2D eigenvalue weighted by Gasteiger charge is 2.38. The second-order valence-electron chi connectivity index (χ2n) is 6.80. The van der Waals surface area contributed by atoms with Crippen molar-refractivity contribution in [2.75, 3.05) is 20.1 Å². The molecule has 126 valence electrons. The molecule has 2 bridgehead atoms. The first-order valence-electron chi connectivity index (χ1n) is 8.58. The maximum atomic E-state index is 12.8. The molecule has 0 spiro atoms. The lowest BCUT2D eigenvalue weighted by Crippen LogP contribution is -2.55. The minimum Gasteiger partial charge on any atom is -0.337 e. The summed E-state index contributed by atoms with van der Waals surface area (Å²) in [6, 6.07) is 9.73. The Morgan fingerprint density at radius 3 is 2.71 bits per heavy atom. The van der Waals surface area contributed by atoms with Crippen LogP contribution in [0.5, 0.6) is 0 Å². The van der Waals surface area contributed by atoms with Crippen molar-refractivity contribution in [3.63, 3.8) is 0 Å². The van der Waals surface area contributed by atoms with Gasteiger partial charge in [0, 0.05) is 12.6 Å². The Hall–Kier alpha value is -2.21. The number of benzene rings is 1. The van der Waals surface area contributed by atoms with Gasteiger partial charge in [-0.05, 0) is 38.3 Å². The fourth-order valence-corrected chi connectivity index (χ4v) is 3.78. The first-order valence-corrected chi connectivity index (χ1v) is 8.58. The van der Waals surface area contributed by atoms with Gasteiger partial charge in [0.05, 0.1) is 12.6 Å². The molecule has 1 unspecified atom stereocenters. The maximum absolute atomic E-state index is 12.8. The van der Waals surface area contributed by atoms with Gasteiger partial charge < -0.3 is 9.42 Å². The van der Waals surface area contributed by atoms with Gasteiger partial charge in [-0.2, -0.15) is 4.98 Å².